The number of ketones is 1. The zero-order valence-electron chi connectivity index (χ0n) is 17.0. The Morgan fingerprint density at radius 1 is 1.03 bits per heavy atom. The van der Waals surface area contributed by atoms with Crippen molar-refractivity contribution in [2.75, 3.05) is 11.7 Å². The van der Waals surface area contributed by atoms with Gasteiger partial charge in [0.2, 0.25) is 6.79 Å². The molecule has 1 amide bonds. The average Bonchev–Trinajstić information content (AvgIpc) is 3.32. The van der Waals surface area contributed by atoms with E-state index in [2.05, 4.69) is 0 Å². The molecule has 3 aromatic rings. The van der Waals surface area contributed by atoms with Gasteiger partial charge in [-0.1, -0.05) is 42.5 Å². The standard InChI is InChI=1S/C25H21NO5/c1-16-6-2-3-7-18(16)14-26-20-9-5-4-8-19(20)25(29,24(26)28)13-21(27)17-10-11-22-23(12-17)31-15-30-22/h2-12,29H,13-15H2,1H3. The highest BCUT2D eigenvalue weighted by Crippen LogP contribution is 2.44. The number of fused-ring (bicyclic) bond motifs is 2. The Kier molecular flexibility index (Phi) is 4.52. The van der Waals surface area contributed by atoms with Crippen LogP contribution >= 0.6 is 0 Å². The molecule has 156 valence electrons. The van der Waals surface area contributed by atoms with E-state index >= 15 is 0 Å². The van der Waals surface area contributed by atoms with Crippen molar-refractivity contribution in [2.24, 2.45) is 0 Å². The molecule has 0 fully saturated rings. The summed E-state index contributed by atoms with van der Waals surface area (Å²) in [7, 11) is 0. The van der Waals surface area contributed by atoms with Crippen molar-refractivity contribution < 1.29 is 24.2 Å². The van der Waals surface area contributed by atoms with E-state index in [1.54, 1.807) is 41.3 Å². The largest absolute Gasteiger partial charge is 0.454 e. The number of benzene rings is 3. The predicted molar refractivity (Wildman–Crippen MR) is 114 cm³/mol. The van der Waals surface area contributed by atoms with E-state index in [0.29, 0.717) is 34.9 Å². The number of amides is 1. The predicted octanol–water partition coefficient (Wildman–Crippen LogP) is 3.73. The molecule has 1 unspecified atom stereocenters. The van der Waals surface area contributed by atoms with Crippen molar-refractivity contribution in [3.05, 3.63) is 89.0 Å². The second-order valence-electron chi connectivity index (χ2n) is 7.86. The van der Waals surface area contributed by atoms with Crippen LogP contribution in [-0.2, 0) is 16.9 Å². The fourth-order valence-corrected chi connectivity index (χ4v) is 4.20. The van der Waals surface area contributed by atoms with Crippen LogP contribution in [-0.4, -0.2) is 23.6 Å². The second-order valence-corrected chi connectivity index (χ2v) is 7.86. The van der Waals surface area contributed by atoms with Crippen LogP contribution in [0, 0.1) is 6.92 Å². The first-order valence-corrected chi connectivity index (χ1v) is 10.1. The average molecular weight is 415 g/mol. The maximum absolute atomic E-state index is 13.4. The lowest BCUT2D eigenvalue weighted by molar-refractivity contribution is -0.136. The Hall–Kier alpha value is -3.64. The topological polar surface area (TPSA) is 76.1 Å². The molecule has 1 N–H and O–H groups in total. The van der Waals surface area contributed by atoms with E-state index in [0.717, 1.165) is 11.1 Å². The number of hydrogen-bond acceptors (Lipinski definition) is 5. The monoisotopic (exact) mass is 415 g/mol. The third-order valence-corrected chi connectivity index (χ3v) is 5.94. The molecule has 0 aromatic heterocycles. The van der Waals surface area contributed by atoms with Crippen LogP contribution in [0.15, 0.2) is 66.7 Å². The molecule has 5 rings (SSSR count). The number of anilines is 1. The molecule has 0 saturated heterocycles. The molecule has 6 heteroatoms. The van der Waals surface area contributed by atoms with Gasteiger partial charge >= 0.3 is 0 Å². The quantitative estimate of drug-likeness (QED) is 0.643. The SMILES string of the molecule is Cc1ccccc1CN1C(=O)C(O)(CC(=O)c2ccc3c(c2)OCO3)c2ccccc21. The first kappa shape index (κ1) is 19.3. The molecule has 0 saturated carbocycles. The maximum atomic E-state index is 13.4. The first-order chi connectivity index (χ1) is 15.0. The molecule has 6 nitrogen and oxygen atoms in total. The van der Waals surface area contributed by atoms with Gasteiger partial charge in [-0.3, -0.25) is 9.59 Å². The fraction of sp³-hybridized carbons (Fsp3) is 0.200. The highest BCUT2D eigenvalue weighted by atomic mass is 16.7. The van der Waals surface area contributed by atoms with Gasteiger partial charge < -0.3 is 19.5 Å². The number of para-hydroxylation sites is 1. The number of carbonyl (C=O) groups excluding carboxylic acids is 2. The molecule has 1 atom stereocenters. The number of ether oxygens (including phenoxy) is 2. The van der Waals surface area contributed by atoms with Crippen LogP contribution in [0.1, 0.15) is 33.5 Å². The number of nitrogens with zero attached hydrogens (tertiary/aromatic N) is 1. The Morgan fingerprint density at radius 3 is 2.61 bits per heavy atom. The van der Waals surface area contributed by atoms with E-state index in [9.17, 15) is 14.7 Å². The highest BCUT2D eigenvalue weighted by molar-refractivity contribution is 6.10. The van der Waals surface area contributed by atoms with Gasteiger partial charge in [0, 0.05) is 11.1 Å². The van der Waals surface area contributed by atoms with Crippen molar-refractivity contribution in [3.63, 3.8) is 0 Å². The number of aliphatic hydroxyl groups is 1. The van der Waals surface area contributed by atoms with Gasteiger partial charge in [0.1, 0.15) is 0 Å². The Balaban J connectivity index is 1.47. The van der Waals surface area contributed by atoms with Crippen LogP contribution in [0.5, 0.6) is 11.5 Å². The van der Waals surface area contributed by atoms with Gasteiger partial charge in [-0.05, 0) is 42.3 Å². The summed E-state index contributed by atoms with van der Waals surface area (Å²) >= 11 is 0. The van der Waals surface area contributed by atoms with Crippen LogP contribution < -0.4 is 14.4 Å². The lowest BCUT2D eigenvalue weighted by atomic mass is 9.88. The van der Waals surface area contributed by atoms with E-state index in [4.69, 9.17) is 9.47 Å². The number of carbonyl (C=O) groups is 2. The van der Waals surface area contributed by atoms with Gasteiger partial charge in [0.05, 0.1) is 18.7 Å². The zero-order valence-corrected chi connectivity index (χ0v) is 17.0. The zero-order chi connectivity index (χ0) is 21.6. The first-order valence-electron chi connectivity index (χ1n) is 10.1. The molecule has 0 aliphatic carbocycles. The number of rotatable bonds is 5. The number of Topliss-reactive ketones (excluding diaryl/α,β-unsaturated/α-hetero) is 1. The summed E-state index contributed by atoms with van der Waals surface area (Å²) in [6.45, 7) is 2.41. The van der Waals surface area contributed by atoms with Crippen molar-refractivity contribution in [1.29, 1.82) is 0 Å². The minimum atomic E-state index is -1.92. The second kappa shape index (κ2) is 7.25. The fourth-order valence-electron chi connectivity index (χ4n) is 4.20. The lowest BCUT2D eigenvalue weighted by Gasteiger charge is -2.23. The molecule has 2 heterocycles. The van der Waals surface area contributed by atoms with Crippen molar-refractivity contribution in [2.45, 2.75) is 25.5 Å². The minimum Gasteiger partial charge on any atom is -0.454 e. The third-order valence-electron chi connectivity index (χ3n) is 5.94. The van der Waals surface area contributed by atoms with Gasteiger partial charge in [0.15, 0.2) is 22.9 Å². The Labute approximate surface area is 179 Å². The normalized spacial score (nSPS) is 18.9. The summed E-state index contributed by atoms with van der Waals surface area (Å²) in [6.07, 6.45) is -0.354. The van der Waals surface area contributed by atoms with Crippen LogP contribution in [0.3, 0.4) is 0 Å². The highest BCUT2D eigenvalue weighted by Gasteiger charge is 2.50. The molecule has 3 aromatic carbocycles. The van der Waals surface area contributed by atoms with E-state index < -0.39 is 11.5 Å². The van der Waals surface area contributed by atoms with Crippen LogP contribution in [0.25, 0.3) is 0 Å². The van der Waals surface area contributed by atoms with Crippen LogP contribution in [0.4, 0.5) is 5.69 Å². The van der Waals surface area contributed by atoms with Gasteiger partial charge in [0.25, 0.3) is 5.91 Å². The minimum absolute atomic E-state index is 0.108. The molecule has 2 aliphatic heterocycles. The molecule has 0 radical (unpaired) electrons. The Bertz CT molecular complexity index is 1200. The summed E-state index contributed by atoms with van der Waals surface area (Å²) in [5.74, 6) is 0.215. The van der Waals surface area contributed by atoms with E-state index in [1.165, 1.54) is 0 Å². The lowest BCUT2D eigenvalue weighted by Crippen LogP contribution is -2.41. The van der Waals surface area contributed by atoms with Crippen molar-refractivity contribution >= 4 is 17.4 Å². The molecule has 2 aliphatic rings. The molecule has 0 bridgehead atoms. The van der Waals surface area contributed by atoms with Crippen LogP contribution in [0.2, 0.25) is 0 Å². The Morgan fingerprint density at radius 2 is 1.77 bits per heavy atom. The van der Waals surface area contributed by atoms with E-state index in [1.807, 2.05) is 37.3 Å². The molecule has 0 spiro atoms. The summed E-state index contributed by atoms with van der Waals surface area (Å²) in [6, 6.07) is 19.8. The van der Waals surface area contributed by atoms with Gasteiger partial charge in [-0.2, -0.15) is 0 Å². The molecule has 31 heavy (non-hydrogen) atoms. The summed E-state index contributed by atoms with van der Waals surface area (Å²) < 4.78 is 10.6. The van der Waals surface area contributed by atoms with E-state index in [-0.39, 0.29) is 19.0 Å². The molecular formula is C25H21NO5. The summed E-state index contributed by atoms with van der Waals surface area (Å²) in [5, 5.41) is 11.5. The number of hydrogen-bond donors (Lipinski definition) is 1. The van der Waals surface area contributed by atoms with Crippen molar-refractivity contribution in [3.8, 4) is 11.5 Å². The van der Waals surface area contributed by atoms with Crippen molar-refractivity contribution in [1.82, 2.24) is 0 Å². The summed E-state index contributed by atoms with van der Waals surface area (Å²) in [5.41, 5.74) is 1.54. The van der Waals surface area contributed by atoms with Gasteiger partial charge in [-0.15, -0.1) is 0 Å². The van der Waals surface area contributed by atoms with Gasteiger partial charge in [-0.25, -0.2) is 0 Å². The smallest absolute Gasteiger partial charge is 0.264 e. The maximum Gasteiger partial charge on any atom is 0.264 e. The molecular weight excluding hydrogens is 394 g/mol. The number of aryl methyl sites for hydroxylation is 1. The summed E-state index contributed by atoms with van der Waals surface area (Å²) in [4.78, 5) is 28.0. The third kappa shape index (κ3) is 3.16.